The minimum Gasteiger partial charge on any atom is -0.309 e. The molecule has 0 radical (unpaired) electrons. The van der Waals surface area contributed by atoms with Gasteiger partial charge in [-0.1, -0.05) is 132 Å². The number of para-hydroxylation sites is 2. The Bertz CT molecular complexity index is 3980. The van der Waals surface area contributed by atoms with E-state index in [1.807, 2.05) is 0 Å². The second-order valence-corrected chi connectivity index (χ2v) is 19.9. The lowest BCUT2D eigenvalue weighted by Gasteiger charge is -2.35. The van der Waals surface area contributed by atoms with E-state index in [1.54, 1.807) is 0 Å². The van der Waals surface area contributed by atoms with E-state index in [1.165, 1.54) is 105 Å². The van der Waals surface area contributed by atoms with Gasteiger partial charge in [-0.05, 0) is 113 Å². The van der Waals surface area contributed by atoms with Crippen LogP contribution in [0.3, 0.4) is 0 Å². The zero-order valence-electron chi connectivity index (χ0n) is 39.4. The van der Waals surface area contributed by atoms with E-state index in [0.717, 1.165) is 29.9 Å². The highest BCUT2D eigenvalue weighted by atomic mass is 15.1. The summed E-state index contributed by atoms with van der Waals surface area (Å²) in [5, 5.41) is 7.42. The maximum Gasteiger partial charge on any atom is 0.213 e. The second kappa shape index (κ2) is 14.8. The molecule has 0 fully saturated rings. The van der Waals surface area contributed by atoms with E-state index in [2.05, 4.69) is 247 Å². The third-order valence-electron chi connectivity index (χ3n) is 15.5. The Hall–Kier alpha value is -7.95. The van der Waals surface area contributed by atoms with Crippen molar-refractivity contribution in [1.82, 2.24) is 13.7 Å². The van der Waals surface area contributed by atoms with Gasteiger partial charge in [-0.15, -0.1) is 0 Å². The highest BCUT2D eigenvalue weighted by Crippen LogP contribution is 2.46. The maximum atomic E-state index is 4.81. The van der Waals surface area contributed by atoms with Crippen molar-refractivity contribution in [3.63, 3.8) is 0 Å². The lowest BCUT2D eigenvalue weighted by atomic mass is 9.75. The third-order valence-corrected chi connectivity index (χ3v) is 15.5. The second-order valence-electron chi connectivity index (χ2n) is 19.9. The molecule has 0 saturated carbocycles. The molecule has 13 rings (SSSR count). The summed E-state index contributed by atoms with van der Waals surface area (Å²) in [6.45, 7) is 16.3. The SMILES string of the molecule is C=C1c2ccc(-n3c4ccc(-c5ccccc5)cc4c4cc5c6cc(-n7c8ccccc8c8ccccc87)ccc6n(-c6ccc(C(C)(C)C)cc6)c5cc43)cc2-c2cccc[n+]2C1(CC)CC. The molecule has 0 spiro atoms. The number of allylic oxidation sites excluding steroid dienone is 1. The van der Waals surface area contributed by atoms with Gasteiger partial charge < -0.3 is 13.7 Å². The molecule has 8 aromatic carbocycles. The summed E-state index contributed by atoms with van der Waals surface area (Å²) in [5.74, 6) is 0. The molecule has 0 saturated heterocycles. The van der Waals surface area contributed by atoms with Crippen LogP contribution in [0.25, 0.3) is 110 Å². The Morgan fingerprint density at radius 2 is 0.956 bits per heavy atom. The van der Waals surface area contributed by atoms with Crippen LogP contribution in [-0.4, -0.2) is 13.7 Å². The lowest BCUT2D eigenvalue weighted by Crippen LogP contribution is -2.59. The van der Waals surface area contributed by atoms with Gasteiger partial charge in [-0.3, -0.25) is 0 Å². The molecule has 4 nitrogen and oxygen atoms in total. The molecule has 0 amide bonds. The topological polar surface area (TPSA) is 18.7 Å². The highest BCUT2D eigenvalue weighted by Gasteiger charge is 2.46. The summed E-state index contributed by atoms with van der Waals surface area (Å²) in [6, 6.07) is 70.4. The first kappa shape index (κ1) is 40.3. The van der Waals surface area contributed by atoms with Crippen LogP contribution in [0.1, 0.15) is 58.6 Å². The molecule has 0 unspecified atom stereocenters. The number of nitrogens with zero attached hydrogens (tertiary/aromatic N) is 4. The van der Waals surface area contributed by atoms with Crippen LogP contribution in [0.15, 0.2) is 201 Å². The fourth-order valence-electron chi connectivity index (χ4n) is 11.9. The molecular weight excluding hydrogens is 825 g/mol. The number of benzene rings is 8. The van der Waals surface area contributed by atoms with Gasteiger partial charge in [0.15, 0.2) is 11.7 Å². The molecule has 4 aromatic heterocycles. The summed E-state index contributed by atoms with van der Waals surface area (Å²) in [6.07, 6.45) is 4.21. The number of aromatic nitrogens is 4. The van der Waals surface area contributed by atoms with Gasteiger partial charge in [0.05, 0.1) is 38.7 Å². The molecule has 0 bridgehead atoms. The Morgan fingerprint density at radius 3 is 1.63 bits per heavy atom. The lowest BCUT2D eigenvalue weighted by molar-refractivity contribution is -0.741. The van der Waals surface area contributed by atoms with Crippen molar-refractivity contribution >= 4 is 71.0 Å². The van der Waals surface area contributed by atoms with Crippen molar-refractivity contribution in [3.8, 4) is 39.4 Å². The molecule has 0 atom stereocenters. The van der Waals surface area contributed by atoms with Gasteiger partial charge in [0.25, 0.3) is 0 Å². The molecule has 5 heterocycles. The van der Waals surface area contributed by atoms with Crippen molar-refractivity contribution in [3.05, 3.63) is 212 Å². The van der Waals surface area contributed by atoms with Gasteiger partial charge in [0.2, 0.25) is 5.69 Å². The molecule has 68 heavy (non-hydrogen) atoms. The first-order valence-corrected chi connectivity index (χ1v) is 24.2. The first-order chi connectivity index (χ1) is 33.2. The van der Waals surface area contributed by atoms with Gasteiger partial charge in [0, 0.05) is 79.9 Å². The highest BCUT2D eigenvalue weighted by molar-refractivity contribution is 6.20. The summed E-state index contributed by atoms with van der Waals surface area (Å²) >= 11 is 0. The van der Waals surface area contributed by atoms with Crippen LogP contribution in [0.2, 0.25) is 0 Å². The summed E-state index contributed by atoms with van der Waals surface area (Å²) in [4.78, 5) is 0. The third kappa shape index (κ3) is 5.70. The van der Waals surface area contributed by atoms with Crippen molar-refractivity contribution in [2.24, 2.45) is 0 Å². The molecular formula is C64H53N4+. The molecule has 4 heteroatoms. The zero-order chi connectivity index (χ0) is 46.1. The van der Waals surface area contributed by atoms with Gasteiger partial charge >= 0.3 is 0 Å². The van der Waals surface area contributed by atoms with Crippen LogP contribution < -0.4 is 4.57 Å². The van der Waals surface area contributed by atoms with Crippen molar-refractivity contribution in [2.75, 3.05) is 0 Å². The normalized spacial score (nSPS) is 13.6. The smallest absolute Gasteiger partial charge is 0.213 e. The summed E-state index contributed by atoms with van der Waals surface area (Å²) in [5.41, 5.74) is 19.0. The predicted octanol–water partition coefficient (Wildman–Crippen LogP) is 16.4. The number of fused-ring (bicyclic) bond motifs is 12. The predicted molar refractivity (Wildman–Crippen MR) is 287 cm³/mol. The fourth-order valence-corrected chi connectivity index (χ4v) is 11.9. The van der Waals surface area contributed by atoms with E-state index in [9.17, 15) is 0 Å². The first-order valence-electron chi connectivity index (χ1n) is 24.2. The molecule has 1 aliphatic rings. The zero-order valence-corrected chi connectivity index (χ0v) is 39.4. The minimum atomic E-state index is -0.169. The molecule has 328 valence electrons. The van der Waals surface area contributed by atoms with E-state index in [0.29, 0.717) is 0 Å². The summed E-state index contributed by atoms with van der Waals surface area (Å²) in [7, 11) is 0. The Morgan fingerprint density at radius 1 is 0.426 bits per heavy atom. The maximum absolute atomic E-state index is 4.81. The van der Waals surface area contributed by atoms with E-state index >= 15 is 0 Å². The van der Waals surface area contributed by atoms with Crippen LogP contribution >= 0.6 is 0 Å². The molecule has 0 aliphatic carbocycles. The monoisotopic (exact) mass is 877 g/mol. The number of hydrogen-bond acceptors (Lipinski definition) is 0. The largest absolute Gasteiger partial charge is 0.309 e. The quantitative estimate of drug-likeness (QED) is 0.148. The Kier molecular flexibility index (Phi) is 8.76. The van der Waals surface area contributed by atoms with Crippen LogP contribution in [0.4, 0.5) is 0 Å². The van der Waals surface area contributed by atoms with Crippen molar-refractivity contribution < 1.29 is 4.57 Å². The van der Waals surface area contributed by atoms with Crippen LogP contribution in [0.5, 0.6) is 0 Å². The summed E-state index contributed by atoms with van der Waals surface area (Å²) < 4.78 is 9.92. The average molecular weight is 878 g/mol. The fraction of sp³-hybridized carbons (Fsp3) is 0.141. The van der Waals surface area contributed by atoms with Crippen molar-refractivity contribution in [1.29, 1.82) is 0 Å². The standard InChI is InChI=1S/C64H53N4/c1-7-64(8-2)41(3)48-32-30-46(37-52(48)56-22-16-17-35-65(56)64)68-59-33-25-43(42-18-10-9-11-19-42)36-51(59)54-39-55-53-38-47(67-57-23-14-12-20-49(57)50-21-13-15-24-58(50)67)31-34-60(53)66(61(55)40-62(54)68)45-28-26-44(27-29-45)63(4,5)6/h9-40H,3,7-8H2,1-2,4-6H3/q+1. The van der Waals surface area contributed by atoms with E-state index in [4.69, 9.17) is 6.58 Å². The van der Waals surface area contributed by atoms with Gasteiger partial charge in [-0.25, -0.2) is 0 Å². The Balaban J connectivity index is 1.13. The van der Waals surface area contributed by atoms with E-state index < -0.39 is 0 Å². The average Bonchev–Trinajstić information content (AvgIpc) is 4.00. The van der Waals surface area contributed by atoms with Gasteiger partial charge in [-0.2, -0.15) is 4.57 Å². The van der Waals surface area contributed by atoms with Crippen LogP contribution in [-0.2, 0) is 11.0 Å². The number of rotatable bonds is 6. The number of hydrogen-bond donors (Lipinski definition) is 0. The minimum absolute atomic E-state index is 0.0388. The van der Waals surface area contributed by atoms with Crippen LogP contribution in [0, 0.1) is 0 Å². The van der Waals surface area contributed by atoms with Gasteiger partial charge in [0.1, 0.15) is 0 Å². The van der Waals surface area contributed by atoms with E-state index in [-0.39, 0.29) is 11.0 Å². The van der Waals surface area contributed by atoms with Crippen molar-refractivity contribution in [2.45, 2.75) is 58.4 Å². The molecule has 0 N–H and O–H groups in total. The molecule has 1 aliphatic heterocycles. The molecule has 12 aromatic rings. The number of pyridine rings is 1. The Labute approximate surface area is 397 Å².